The Bertz CT molecular complexity index is 1040. The second-order valence-corrected chi connectivity index (χ2v) is 12.9. The summed E-state index contributed by atoms with van der Waals surface area (Å²) in [6.07, 6.45) is 16.0. The van der Waals surface area contributed by atoms with Gasteiger partial charge in [-0.1, -0.05) is 38.5 Å². The predicted octanol–water partition coefficient (Wildman–Crippen LogP) is 7.69. The van der Waals surface area contributed by atoms with Crippen molar-refractivity contribution < 1.29 is 9.59 Å². The maximum absolute atomic E-state index is 13.5. The van der Waals surface area contributed by atoms with Gasteiger partial charge in [-0.15, -0.1) is 0 Å². The Morgan fingerprint density at radius 1 is 0.548 bits per heavy atom. The van der Waals surface area contributed by atoms with E-state index in [0.717, 1.165) is 75.8 Å². The minimum absolute atomic E-state index is 0.0107. The van der Waals surface area contributed by atoms with Crippen LogP contribution in [-0.4, -0.2) is 47.0 Å². The van der Waals surface area contributed by atoms with Gasteiger partial charge in [0.05, 0.1) is 0 Å². The zero-order chi connectivity index (χ0) is 29.3. The van der Waals surface area contributed by atoms with Gasteiger partial charge < -0.3 is 31.9 Å². The summed E-state index contributed by atoms with van der Waals surface area (Å²) in [7, 11) is 0. The largest absolute Gasteiger partial charge is 0.399 e. The Hall–Kier alpha value is -3.42. The highest BCUT2D eigenvalue weighted by Crippen LogP contribution is 2.34. The lowest BCUT2D eigenvalue weighted by atomic mass is 9.80. The van der Waals surface area contributed by atoms with Crippen LogP contribution in [0.4, 0.5) is 32.3 Å². The molecule has 3 aliphatic carbocycles. The zero-order valence-electron chi connectivity index (χ0n) is 25.1. The van der Waals surface area contributed by atoms with Gasteiger partial charge in [0.1, 0.15) is 0 Å². The number of hydrogen-bond acceptors (Lipinski definition) is 4. The summed E-state index contributed by atoms with van der Waals surface area (Å²) in [5, 5.41) is 6.27. The first kappa shape index (κ1) is 30.1. The Balaban J connectivity index is 1.18. The van der Waals surface area contributed by atoms with Crippen LogP contribution in [0, 0.1) is 11.8 Å². The van der Waals surface area contributed by atoms with Crippen LogP contribution in [-0.2, 0) is 0 Å². The van der Waals surface area contributed by atoms with E-state index in [1.165, 1.54) is 38.5 Å². The second-order valence-electron chi connectivity index (χ2n) is 12.9. The molecule has 0 saturated heterocycles. The molecule has 0 bridgehead atoms. The van der Waals surface area contributed by atoms with Crippen LogP contribution in [0.2, 0.25) is 0 Å². The van der Waals surface area contributed by atoms with Crippen LogP contribution < -0.4 is 22.1 Å². The predicted molar refractivity (Wildman–Crippen MR) is 172 cm³/mol. The molecule has 0 spiro atoms. The fourth-order valence-corrected chi connectivity index (χ4v) is 7.26. The Kier molecular flexibility index (Phi) is 10.5. The molecular weight excluding hydrogens is 524 g/mol. The molecule has 2 aromatic carbocycles. The molecule has 2 aromatic rings. The van der Waals surface area contributed by atoms with Crippen molar-refractivity contribution in [2.24, 2.45) is 11.8 Å². The van der Waals surface area contributed by atoms with E-state index >= 15 is 0 Å². The van der Waals surface area contributed by atoms with Gasteiger partial charge in [0, 0.05) is 47.9 Å². The quantitative estimate of drug-likeness (QED) is 0.242. The minimum Gasteiger partial charge on any atom is -0.399 e. The molecule has 5 rings (SSSR count). The lowest BCUT2D eigenvalue weighted by Gasteiger charge is -2.40. The van der Waals surface area contributed by atoms with Crippen molar-refractivity contribution in [1.29, 1.82) is 0 Å². The summed E-state index contributed by atoms with van der Waals surface area (Å²) in [4.78, 5) is 31.3. The molecule has 3 saturated carbocycles. The first-order valence-corrected chi connectivity index (χ1v) is 16.3. The molecule has 0 aliphatic heterocycles. The zero-order valence-corrected chi connectivity index (χ0v) is 25.1. The summed E-state index contributed by atoms with van der Waals surface area (Å²) < 4.78 is 0. The van der Waals surface area contributed by atoms with Gasteiger partial charge in [-0.3, -0.25) is 0 Å². The first-order valence-electron chi connectivity index (χ1n) is 16.3. The number of anilines is 4. The lowest BCUT2D eigenvalue weighted by Crippen LogP contribution is -2.48. The normalized spacial score (nSPS) is 21.8. The van der Waals surface area contributed by atoms with Crippen LogP contribution in [0.3, 0.4) is 0 Å². The van der Waals surface area contributed by atoms with E-state index in [2.05, 4.69) is 20.4 Å². The first-order chi connectivity index (χ1) is 20.4. The van der Waals surface area contributed by atoms with Crippen molar-refractivity contribution >= 4 is 34.8 Å². The molecule has 42 heavy (non-hydrogen) atoms. The maximum Gasteiger partial charge on any atom is 0.322 e. The van der Waals surface area contributed by atoms with E-state index in [9.17, 15) is 9.59 Å². The number of rotatable bonds is 8. The smallest absolute Gasteiger partial charge is 0.322 e. The third-order valence-corrected chi connectivity index (χ3v) is 9.75. The standard InChI is InChI=1S/C34H50N6O2/c35-27-15-19-29(20-16-27)37-33(41)39(31-7-3-1-4-8-31)23-25-11-13-26(14-12-25)24-40(32-9-5-2-6-10-32)34(42)38-30-21-17-28(36)18-22-30/h15-22,25-26,31-32H,1-14,23-24,35-36H2,(H,37,41)(H,38,42)/t25-,26-. The Morgan fingerprint density at radius 3 is 1.21 bits per heavy atom. The molecule has 0 atom stereocenters. The maximum atomic E-state index is 13.5. The number of nitrogen functional groups attached to an aromatic ring is 2. The summed E-state index contributed by atoms with van der Waals surface area (Å²) in [5.41, 5.74) is 14.7. The Labute approximate surface area is 251 Å². The minimum atomic E-state index is 0.0107. The van der Waals surface area contributed by atoms with Gasteiger partial charge in [0.2, 0.25) is 0 Å². The number of urea groups is 2. The lowest BCUT2D eigenvalue weighted by molar-refractivity contribution is 0.117. The monoisotopic (exact) mass is 574 g/mol. The number of benzene rings is 2. The molecule has 6 N–H and O–H groups in total. The highest BCUT2D eigenvalue weighted by atomic mass is 16.2. The molecule has 0 radical (unpaired) electrons. The summed E-state index contributed by atoms with van der Waals surface area (Å²) >= 11 is 0. The number of carbonyl (C=O) groups excluding carboxylic acids is 2. The molecule has 4 amide bonds. The molecule has 3 aliphatic rings. The average Bonchev–Trinajstić information content (AvgIpc) is 3.02. The molecule has 0 aromatic heterocycles. The van der Waals surface area contributed by atoms with Gasteiger partial charge in [0.25, 0.3) is 0 Å². The van der Waals surface area contributed by atoms with E-state index in [4.69, 9.17) is 11.5 Å². The highest BCUT2D eigenvalue weighted by molar-refractivity contribution is 5.90. The number of nitrogens with two attached hydrogens (primary N) is 2. The van der Waals surface area contributed by atoms with E-state index in [0.29, 0.717) is 35.3 Å². The van der Waals surface area contributed by atoms with Crippen LogP contribution >= 0.6 is 0 Å². The molecule has 228 valence electrons. The van der Waals surface area contributed by atoms with Crippen molar-refractivity contribution in [3.8, 4) is 0 Å². The van der Waals surface area contributed by atoms with Crippen molar-refractivity contribution in [3.63, 3.8) is 0 Å². The van der Waals surface area contributed by atoms with Gasteiger partial charge >= 0.3 is 12.1 Å². The summed E-state index contributed by atoms with van der Waals surface area (Å²) in [5.74, 6) is 0.985. The molecule has 3 fully saturated rings. The van der Waals surface area contributed by atoms with Gasteiger partial charge in [0.15, 0.2) is 0 Å². The van der Waals surface area contributed by atoms with Gasteiger partial charge in [-0.2, -0.15) is 0 Å². The highest BCUT2D eigenvalue weighted by Gasteiger charge is 2.33. The topological polar surface area (TPSA) is 117 Å². The Morgan fingerprint density at radius 2 is 0.881 bits per heavy atom. The van der Waals surface area contributed by atoms with E-state index in [1.54, 1.807) is 0 Å². The number of nitrogens with zero attached hydrogens (tertiary/aromatic N) is 2. The third-order valence-electron chi connectivity index (χ3n) is 9.75. The number of hydrogen-bond donors (Lipinski definition) is 4. The van der Waals surface area contributed by atoms with E-state index in [-0.39, 0.29) is 12.1 Å². The van der Waals surface area contributed by atoms with Crippen LogP contribution in [0.5, 0.6) is 0 Å². The summed E-state index contributed by atoms with van der Waals surface area (Å²) in [6, 6.07) is 15.4. The molecule has 8 heteroatoms. The van der Waals surface area contributed by atoms with Crippen LogP contribution in [0.25, 0.3) is 0 Å². The van der Waals surface area contributed by atoms with Crippen molar-refractivity contribution in [1.82, 2.24) is 9.80 Å². The van der Waals surface area contributed by atoms with Crippen molar-refractivity contribution in [2.45, 2.75) is 102 Å². The van der Waals surface area contributed by atoms with Crippen LogP contribution in [0.1, 0.15) is 89.9 Å². The number of nitrogens with one attached hydrogen (secondary N) is 2. The molecular formula is C34H50N6O2. The molecule has 0 heterocycles. The fraction of sp³-hybridized carbons (Fsp3) is 0.588. The fourth-order valence-electron chi connectivity index (χ4n) is 7.26. The van der Waals surface area contributed by atoms with Crippen molar-refractivity contribution in [3.05, 3.63) is 48.5 Å². The van der Waals surface area contributed by atoms with Crippen molar-refractivity contribution in [2.75, 3.05) is 35.2 Å². The second kappa shape index (κ2) is 14.7. The number of carbonyl (C=O) groups is 2. The van der Waals surface area contributed by atoms with E-state index < -0.39 is 0 Å². The summed E-state index contributed by atoms with van der Waals surface area (Å²) in [6.45, 7) is 1.62. The third kappa shape index (κ3) is 8.33. The van der Waals surface area contributed by atoms with Gasteiger partial charge in [-0.25, -0.2) is 9.59 Å². The molecule has 0 unspecified atom stereocenters. The number of amides is 4. The van der Waals surface area contributed by atoms with E-state index in [1.807, 2.05) is 48.5 Å². The van der Waals surface area contributed by atoms with Gasteiger partial charge in [-0.05, 0) is 112 Å². The molecule has 8 nitrogen and oxygen atoms in total. The SMILES string of the molecule is Nc1ccc(NC(=O)N(C[C@H]2CC[C@H](CN(C(=O)Nc3ccc(N)cc3)C3CCCCC3)CC2)C2CCCCC2)cc1. The average molecular weight is 575 g/mol. The van der Waals surface area contributed by atoms with Crippen LogP contribution in [0.15, 0.2) is 48.5 Å².